The molecule has 0 bridgehead atoms. The lowest BCUT2D eigenvalue weighted by atomic mass is 9.78. The molecule has 21 heavy (non-hydrogen) atoms. The second-order valence-corrected chi connectivity index (χ2v) is 5.17. The maximum absolute atomic E-state index is 12.5. The minimum Gasteiger partial charge on any atom is -0.481 e. The zero-order valence-corrected chi connectivity index (χ0v) is 12.8. The molecule has 7 nitrogen and oxygen atoms in total. The Morgan fingerprint density at radius 1 is 1.33 bits per heavy atom. The van der Waals surface area contributed by atoms with Crippen LogP contribution in [0.5, 0.6) is 0 Å². The van der Waals surface area contributed by atoms with E-state index in [1.165, 1.54) is 12.0 Å². The van der Waals surface area contributed by atoms with Crippen molar-refractivity contribution in [3.8, 4) is 0 Å². The molecule has 1 heterocycles. The molecule has 0 spiro atoms. The Hall–Kier alpha value is -1.63. The van der Waals surface area contributed by atoms with E-state index < -0.39 is 23.4 Å². The summed E-state index contributed by atoms with van der Waals surface area (Å²) in [7, 11) is 1.25. The highest BCUT2D eigenvalue weighted by molar-refractivity contribution is 5.88. The molecule has 1 aliphatic rings. The van der Waals surface area contributed by atoms with Gasteiger partial charge in [-0.1, -0.05) is 13.8 Å². The summed E-state index contributed by atoms with van der Waals surface area (Å²) in [6.45, 7) is 4.18. The van der Waals surface area contributed by atoms with Gasteiger partial charge in [0.05, 0.1) is 25.7 Å². The molecule has 0 aromatic rings. The number of nitrogens with zero attached hydrogens (tertiary/aromatic N) is 1. The topological polar surface area (TPSA) is 93.1 Å². The van der Waals surface area contributed by atoms with Gasteiger partial charge in [-0.05, 0) is 12.8 Å². The van der Waals surface area contributed by atoms with E-state index in [1.807, 2.05) is 0 Å². The van der Waals surface area contributed by atoms with Crippen molar-refractivity contribution in [2.75, 3.05) is 26.9 Å². The van der Waals surface area contributed by atoms with Crippen LogP contribution in [0.15, 0.2) is 0 Å². The zero-order valence-electron chi connectivity index (χ0n) is 12.8. The Morgan fingerprint density at radius 2 is 1.95 bits per heavy atom. The number of ether oxygens (including phenoxy) is 2. The Labute approximate surface area is 124 Å². The fourth-order valence-corrected chi connectivity index (χ4v) is 2.50. The van der Waals surface area contributed by atoms with Crippen LogP contribution in [0.1, 0.15) is 33.1 Å². The van der Waals surface area contributed by atoms with Crippen molar-refractivity contribution in [3.05, 3.63) is 0 Å². The highest BCUT2D eigenvalue weighted by Crippen LogP contribution is 2.32. The van der Waals surface area contributed by atoms with E-state index in [0.29, 0.717) is 19.4 Å². The maximum atomic E-state index is 12.5. The zero-order chi connectivity index (χ0) is 16.0. The number of carboxylic acids is 1. The molecule has 0 saturated carbocycles. The quantitative estimate of drug-likeness (QED) is 0.725. The lowest BCUT2D eigenvalue weighted by Gasteiger charge is -2.36. The highest BCUT2D eigenvalue weighted by Gasteiger charge is 2.41. The van der Waals surface area contributed by atoms with Gasteiger partial charge in [-0.15, -0.1) is 0 Å². The van der Waals surface area contributed by atoms with Gasteiger partial charge in [-0.3, -0.25) is 9.59 Å². The van der Waals surface area contributed by atoms with E-state index >= 15 is 0 Å². The minimum atomic E-state index is -1.09. The summed E-state index contributed by atoms with van der Waals surface area (Å²) in [5.74, 6) is -1.87. The Bertz CT molecular complexity index is 404. The fourth-order valence-electron chi connectivity index (χ4n) is 2.50. The summed E-state index contributed by atoms with van der Waals surface area (Å²) < 4.78 is 9.88. The molecule has 1 fully saturated rings. The van der Waals surface area contributed by atoms with E-state index in [4.69, 9.17) is 4.74 Å². The third kappa shape index (κ3) is 3.72. The highest BCUT2D eigenvalue weighted by atomic mass is 16.5. The average molecular weight is 301 g/mol. The number of carbonyl (C=O) groups is 3. The van der Waals surface area contributed by atoms with E-state index in [2.05, 4.69) is 4.74 Å². The molecule has 7 heteroatoms. The molecule has 1 amide bonds. The molecule has 0 radical (unpaired) electrons. The van der Waals surface area contributed by atoms with Crippen LogP contribution < -0.4 is 0 Å². The van der Waals surface area contributed by atoms with E-state index in [1.54, 1.807) is 13.8 Å². The number of amides is 1. The first-order chi connectivity index (χ1) is 9.91. The lowest BCUT2D eigenvalue weighted by Crippen LogP contribution is -2.54. The standard InChI is InChI=1S/C14H23NO6/c1-4-14(5-2,13(18)19)8-11(16)15-6-7-21-9-10(15)12(17)20-3/h10H,4-9H2,1-3H3,(H,18,19). The number of carboxylic acid groups (broad SMARTS) is 1. The van der Waals surface area contributed by atoms with Crippen LogP contribution in [-0.2, 0) is 23.9 Å². The first kappa shape index (κ1) is 17.4. The average Bonchev–Trinajstić information content (AvgIpc) is 2.51. The SMILES string of the molecule is CCC(CC)(CC(=O)N1CCOCC1C(=O)OC)C(=O)O. The number of esters is 1. The molecule has 1 rings (SSSR count). The molecule has 0 aromatic heterocycles. The second kappa shape index (κ2) is 7.40. The van der Waals surface area contributed by atoms with Crippen LogP contribution in [0.4, 0.5) is 0 Å². The van der Waals surface area contributed by atoms with Crippen molar-refractivity contribution in [1.29, 1.82) is 0 Å². The molecule has 1 unspecified atom stereocenters. The number of hydrogen-bond donors (Lipinski definition) is 1. The third-order valence-electron chi connectivity index (χ3n) is 4.22. The van der Waals surface area contributed by atoms with Crippen LogP contribution in [-0.4, -0.2) is 60.8 Å². The molecular formula is C14H23NO6. The van der Waals surface area contributed by atoms with Gasteiger partial charge in [-0.2, -0.15) is 0 Å². The van der Waals surface area contributed by atoms with Crippen molar-refractivity contribution < 1.29 is 29.0 Å². The van der Waals surface area contributed by atoms with Gasteiger partial charge < -0.3 is 19.5 Å². The molecule has 1 saturated heterocycles. The van der Waals surface area contributed by atoms with Gasteiger partial charge in [0.15, 0.2) is 6.04 Å². The van der Waals surface area contributed by atoms with E-state index in [0.717, 1.165) is 0 Å². The van der Waals surface area contributed by atoms with Gasteiger partial charge in [-0.25, -0.2) is 4.79 Å². The maximum Gasteiger partial charge on any atom is 0.331 e. The smallest absolute Gasteiger partial charge is 0.331 e. The Kier molecular flexibility index (Phi) is 6.14. The van der Waals surface area contributed by atoms with E-state index in [9.17, 15) is 19.5 Å². The Balaban J connectivity index is 2.89. The third-order valence-corrected chi connectivity index (χ3v) is 4.22. The number of aliphatic carboxylic acids is 1. The first-order valence-corrected chi connectivity index (χ1v) is 7.10. The van der Waals surface area contributed by atoms with Crippen molar-refractivity contribution in [2.24, 2.45) is 5.41 Å². The Morgan fingerprint density at radius 3 is 2.43 bits per heavy atom. The summed E-state index contributed by atoms with van der Waals surface area (Å²) in [4.78, 5) is 37.0. The summed E-state index contributed by atoms with van der Waals surface area (Å²) in [6.07, 6.45) is 0.596. The molecule has 1 N–H and O–H groups in total. The predicted octanol–water partition coefficient (Wildman–Crippen LogP) is 0.668. The summed E-state index contributed by atoms with van der Waals surface area (Å²) in [5.41, 5.74) is -1.09. The molecule has 1 aliphatic heterocycles. The van der Waals surface area contributed by atoms with E-state index in [-0.39, 0.29) is 25.5 Å². The van der Waals surface area contributed by atoms with Gasteiger partial charge in [0.1, 0.15) is 0 Å². The number of methoxy groups -OCH3 is 1. The van der Waals surface area contributed by atoms with Gasteiger partial charge >= 0.3 is 11.9 Å². The van der Waals surface area contributed by atoms with Crippen molar-refractivity contribution >= 4 is 17.8 Å². The summed E-state index contributed by atoms with van der Waals surface area (Å²) in [6, 6.07) is -0.795. The van der Waals surface area contributed by atoms with Crippen LogP contribution >= 0.6 is 0 Å². The number of rotatable bonds is 6. The summed E-state index contributed by atoms with van der Waals surface area (Å²) in [5, 5.41) is 9.41. The van der Waals surface area contributed by atoms with Crippen molar-refractivity contribution in [2.45, 2.75) is 39.2 Å². The van der Waals surface area contributed by atoms with Crippen LogP contribution in [0.3, 0.4) is 0 Å². The predicted molar refractivity (Wildman–Crippen MR) is 73.6 cm³/mol. The normalized spacial score (nSPS) is 19.2. The number of morpholine rings is 1. The lowest BCUT2D eigenvalue weighted by molar-refractivity contribution is -0.164. The van der Waals surface area contributed by atoms with Crippen molar-refractivity contribution in [3.63, 3.8) is 0 Å². The molecule has 120 valence electrons. The fraction of sp³-hybridized carbons (Fsp3) is 0.786. The molecule has 1 atom stereocenters. The summed E-state index contributed by atoms with van der Waals surface area (Å²) >= 11 is 0. The number of hydrogen-bond acceptors (Lipinski definition) is 5. The second-order valence-electron chi connectivity index (χ2n) is 5.17. The molecule has 0 aromatic carbocycles. The minimum absolute atomic E-state index is 0.0801. The van der Waals surface area contributed by atoms with Crippen LogP contribution in [0.25, 0.3) is 0 Å². The van der Waals surface area contributed by atoms with Crippen molar-refractivity contribution in [1.82, 2.24) is 4.90 Å². The molecule has 0 aliphatic carbocycles. The van der Waals surface area contributed by atoms with Crippen LogP contribution in [0.2, 0.25) is 0 Å². The first-order valence-electron chi connectivity index (χ1n) is 7.10. The largest absolute Gasteiger partial charge is 0.481 e. The van der Waals surface area contributed by atoms with Gasteiger partial charge in [0.2, 0.25) is 5.91 Å². The monoisotopic (exact) mass is 301 g/mol. The van der Waals surface area contributed by atoms with Gasteiger partial charge in [0.25, 0.3) is 0 Å². The molecular weight excluding hydrogens is 278 g/mol. The number of carbonyl (C=O) groups excluding carboxylic acids is 2. The van der Waals surface area contributed by atoms with Crippen LogP contribution in [0, 0.1) is 5.41 Å². The van der Waals surface area contributed by atoms with Gasteiger partial charge in [0, 0.05) is 13.0 Å².